The molecule has 0 radical (unpaired) electrons. The molecule has 0 bridgehead atoms. The highest BCUT2D eigenvalue weighted by Gasteiger charge is 2.14. The zero-order valence-electron chi connectivity index (χ0n) is 17.5. The molecule has 0 N–H and O–H groups in total. The molecule has 0 unspecified atom stereocenters. The zero-order valence-corrected chi connectivity index (χ0v) is 17.5. The van der Waals surface area contributed by atoms with Crippen LogP contribution < -0.4 is 14.2 Å². The smallest absolute Gasteiger partial charge is 0.387 e. The summed E-state index contributed by atoms with van der Waals surface area (Å²) in [6.45, 7) is -2.61. The number of rotatable bonds is 8. The first-order valence-electron chi connectivity index (χ1n) is 9.53. The highest BCUT2D eigenvalue weighted by atomic mass is 19.3. The second kappa shape index (κ2) is 9.93. The quantitative estimate of drug-likeness (QED) is 0.468. The van der Waals surface area contributed by atoms with Crippen LogP contribution in [-0.4, -0.2) is 38.7 Å². The lowest BCUT2D eigenvalue weighted by molar-refractivity contribution is -0.125. The summed E-state index contributed by atoms with van der Waals surface area (Å²) in [4.78, 5) is 14.1. The molecule has 1 amide bonds. The van der Waals surface area contributed by atoms with Gasteiger partial charge in [-0.15, -0.1) is 0 Å². The number of hydrogen-bond acceptors (Lipinski definition) is 4. The molecule has 0 aromatic heterocycles. The lowest BCUT2D eigenvalue weighted by atomic mass is 10.1. The maximum Gasteiger partial charge on any atom is 0.387 e. The van der Waals surface area contributed by atoms with Gasteiger partial charge in [-0.25, -0.2) is 0 Å². The third kappa shape index (κ3) is 5.51. The Morgan fingerprint density at radius 2 is 1.77 bits per heavy atom. The first-order valence-corrected chi connectivity index (χ1v) is 9.53. The summed E-state index contributed by atoms with van der Waals surface area (Å²) >= 11 is 0. The highest BCUT2D eigenvalue weighted by Crippen LogP contribution is 2.33. The summed E-state index contributed by atoms with van der Waals surface area (Å²) in [5, 5.41) is 2.08. The third-order valence-electron chi connectivity index (χ3n) is 4.75. The standard InChI is InChI=1S/C24H23F2NO4/c1-27(15-16-7-8-19-14-20(29-2)11-9-18(19)13-16)22(28)12-10-17-5-4-6-21(30-3)23(17)31-24(25)26/h4-14,24H,15H2,1-3H3/b12-10+. The van der Waals surface area contributed by atoms with E-state index in [9.17, 15) is 13.6 Å². The molecule has 162 valence electrons. The van der Waals surface area contributed by atoms with E-state index in [0.717, 1.165) is 22.1 Å². The van der Waals surface area contributed by atoms with E-state index in [1.165, 1.54) is 30.2 Å². The number of halogens is 2. The van der Waals surface area contributed by atoms with E-state index in [4.69, 9.17) is 9.47 Å². The molecule has 0 saturated carbocycles. The molecule has 3 aromatic rings. The van der Waals surface area contributed by atoms with E-state index in [-0.39, 0.29) is 17.4 Å². The average Bonchev–Trinajstić information content (AvgIpc) is 2.77. The Kier molecular flexibility index (Phi) is 7.07. The molecule has 5 nitrogen and oxygen atoms in total. The summed E-state index contributed by atoms with van der Waals surface area (Å²) in [6, 6.07) is 16.5. The van der Waals surface area contributed by atoms with Crippen LogP contribution in [0, 0.1) is 0 Å². The van der Waals surface area contributed by atoms with Gasteiger partial charge in [0.2, 0.25) is 5.91 Å². The van der Waals surface area contributed by atoms with Crippen molar-refractivity contribution < 1.29 is 27.8 Å². The van der Waals surface area contributed by atoms with Crippen LogP contribution in [0.1, 0.15) is 11.1 Å². The molecular weight excluding hydrogens is 404 g/mol. The Hall–Kier alpha value is -3.61. The monoisotopic (exact) mass is 427 g/mol. The van der Waals surface area contributed by atoms with Crippen molar-refractivity contribution in [1.29, 1.82) is 0 Å². The molecule has 0 atom stereocenters. The Morgan fingerprint density at radius 3 is 2.48 bits per heavy atom. The number of carbonyl (C=O) groups excluding carboxylic acids is 1. The van der Waals surface area contributed by atoms with Crippen molar-refractivity contribution in [1.82, 2.24) is 4.90 Å². The van der Waals surface area contributed by atoms with Crippen LogP contribution in [-0.2, 0) is 11.3 Å². The SMILES string of the molecule is COc1ccc2cc(CN(C)C(=O)/C=C/c3cccc(OC)c3OC(F)F)ccc2c1. The van der Waals surface area contributed by atoms with E-state index in [1.54, 1.807) is 26.3 Å². The van der Waals surface area contributed by atoms with E-state index < -0.39 is 6.61 Å². The van der Waals surface area contributed by atoms with Gasteiger partial charge < -0.3 is 19.1 Å². The van der Waals surface area contributed by atoms with Gasteiger partial charge in [0, 0.05) is 25.2 Å². The van der Waals surface area contributed by atoms with E-state index >= 15 is 0 Å². The number of hydrogen-bond donors (Lipinski definition) is 0. The second-order valence-corrected chi connectivity index (χ2v) is 6.83. The predicted octanol–water partition coefficient (Wildman–Crippen LogP) is 5.13. The van der Waals surface area contributed by atoms with E-state index in [0.29, 0.717) is 12.1 Å². The molecule has 0 heterocycles. The van der Waals surface area contributed by atoms with Gasteiger partial charge in [0.05, 0.1) is 14.2 Å². The lowest BCUT2D eigenvalue weighted by Crippen LogP contribution is -2.24. The molecule has 0 fully saturated rings. The molecule has 7 heteroatoms. The van der Waals surface area contributed by atoms with Gasteiger partial charge in [-0.3, -0.25) is 4.79 Å². The Bertz CT molecular complexity index is 1100. The Balaban J connectivity index is 1.73. The third-order valence-corrected chi connectivity index (χ3v) is 4.75. The summed E-state index contributed by atoms with van der Waals surface area (Å²) in [5.41, 5.74) is 1.28. The van der Waals surface area contributed by atoms with Crippen molar-refractivity contribution in [2.24, 2.45) is 0 Å². The number of ether oxygens (including phenoxy) is 3. The van der Waals surface area contributed by atoms with E-state index in [2.05, 4.69) is 4.74 Å². The number of likely N-dealkylation sites (N-methyl/N-ethyl adjacent to an activating group) is 1. The van der Waals surface area contributed by atoms with Gasteiger partial charge in [0.1, 0.15) is 5.75 Å². The van der Waals surface area contributed by atoms with Crippen LogP contribution in [0.2, 0.25) is 0 Å². The van der Waals surface area contributed by atoms with Crippen molar-refractivity contribution >= 4 is 22.8 Å². The van der Waals surface area contributed by atoms with Crippen molar-refractivity contribution in [2.75, 3.05) is 21.3 Å². The molecule has 31 heavy (non-hydrogen) atoms. The Morgan fingerprint density at radius 1 is 1.03 bits per heavy atom. The number of carbonyl (C=O) groups is 1. The number of para-hydroxylation sites is 1. The molecule has 0 aliphatic heterocycles. The first-order chi connectivity index (χ1) is 14.9. The molecule has 0 saturated heterocycles. The minimum absolute atomic E-state index is 0.114. The summed E-state index contributed by atoms with van der Waals surface area (Å²) in [7, 11) is 4.66. The fraction of sp³-hybridized carbons (Fsp3) is 0.208. The fourth-order valence-corrected chi connectivity index (χ4v) is 3.18. The van der Waals surface area contributed by atoms with Crippen molar-refractivity contribution in [3.8, 4) is 17.2 Å². The minimum atomic E-state index is -3.00. The molecule has 0 aliphatic carbocycles. The van der Waals surface area contributed by atoms with Gasteiger partial charge >= 0.3 is 6.61 Å². The Labute approximate surface area is 179 Å². The van der Waals surface area contributed by atoms with Crippen LogP contribution in [0.25, 0.3) is 16.8 Å². The van der Waals surface area contributed by atoms with Gasteiger partial charge in [0.25, 0.3) is 0 Å². The molecule has 3 aromatic carbocycles. The number of benzene rings is 3. The first kappa shape index (κ1) is 22.1. The van der Waals surface area contributed by atoms with Crippen molar-refractivity contribution in [2.45, 2.75) is 13.2 Å². The minimum Gasteiger partial charge on any atom is -0.497 e. The fourth-order valence-electron chi connectivity index (χ4n) is 3.18. The number of methoxy groups -OCH3 is 2. The number of nitrogens with zero attached hydrogens (tertiary/aromatic N) is 1. The normalized spacial score (nSPS) is 11.2. The van der Waals surface area contributed by atoms with Gasteiger partial charge in [0.15, 0.2) is 11.5 Å². The predicted molar refractivity (Wildman–Crippen MR) is 116 cm³/mol. The molecule has 0 spiro atoms. The largest absolute Gasteiger partial charge is 0.497 e. The molecular formula is C24H23F2NO4. The van der Waals surface area contributed by atoms with E-state index in [1.807, 2.05) is 36.4 Å². The number of amides is 1. The summed E-state index contributed by atoms with van der Waals surface area (Å²) < 4.78 is 40.4. The number of alkyl halides is 2. The summed E-state index contributed by atoms with van der Waals surface area (Å²) in [5.74, 6) is 0.554. The average molecular weight is 427 g/mol. The van der Waals surface area contributed by atoms with Gasteiger partial charge in [-0.1, -0.05) is 30.3 Å². The topological polar surface area (TPSA) is 48.0 Å². The van der Waals surface area contributed by atoms with Crippen molar-refractivity contribution in [3.63, 3.8) is 0 Å². The van der Waals surface area contributed by atoms with Crippen LogP contribution in [0.15, 0.2) is 60.7 Å². The second-order valence-electron chi connectivity index (χ2n) is 6.83. The van der Waals surface area contributed by atoms with Crippen LogP contribution in [0.4, 0.5) is 8.78 Å². The summed E-state index contributed by atoms with van der Waals surface area (Å²) in [6.07, 6.45) is 2.75. The lowest BCUT2D eigenvalue weighted by Gasteiger charge is -2.16. The van der Waals surface area contributed by atoms with Gasteiger partial charge in [-0.05, 0) is 46.7 Å². The van der Waals surface area contributed by atoms with Gasteiger partial charge in [-0.2, -0.15) is 8.78 Å². The maximum atomic E-state index is 12.8. The zero-order chi connectivity index (χ0) is 22.4. The van der Waals surface area contributed by atoms with Crippen molar-refractivity contribution in [3.05, 3.63) is 71.8 Å². The maximum absolute atomic E-state index is 12.8. The van der Waals surface area contributed by atoms with Crippen LogP contribution in [0.3, 0.4) is 0 Å². The van der Waals surface area contributed by atoms with Crippen LogP contribution >= 0.6 is 0 Å². The highest BCUT2D eigenvalue weighted by molar-refractivity contribution is 5.92. The van der Waals surface area contributed by atoms with Crippen LogP contribution in [0.5, 0.6) is 17.2 Å². The molecule has 3 rings (SSSR count). The molecule has 0 aliphatic rings. The number of fused-ring (bicyclic) bond motifs is 1.